The normalized spacial score (nSPS) is 10.3. The van der Waals surface area contributed by atoms with Crippen LogP contribution in [0, 0.1) is 0 Å². The molecule has 0 aliphatic rings. The van der Waals surface area contributed by atoms with E-state index in [2.05, 4.69) is 22.0 Å². The Labute approximate surface area is 106 Å². The third-order valence-corrected chi connectivity index (χ3v) is 2.53. The van der Waals surface area contributed by atoms with Crippen molar-refractivity contribution in [2.75, 3.05) is 7.11 Å². The second-order valence-corrected chi connectivity index (χ2v) is 3.79. The zero-order valence-corrected chi connectivity index (χ0v) is 10.3. The van der Waals surface area contributed by atoms with E-state index in [1.807, 2.05) is 24.5 Å². The van der Waals surface area contributed by atoms with Gasteiger partial charge in [0.05, 0.1) is 13.3 Å². The van der Waals surface area contributed by atoms with Gasteiger partial charge in [0.15, 0.2) is 0 Å². The molecule has 2 rings (SSSR count). The molecule has 94 valence electrons. The van der Waals surface area contributed by atoms with Crippen molar-refractivity contribution in [1.29, 1.82) is 0 Å². The Balaban J connectivity index is 1.90. The number of methoxy groups -OCH3 is 1. The summed E-state index contributed by atoms with van der Waals surface area (Å²) in [5, 5.41) is 7.44. The van der Waals surface area contributed by atoms with Gasteiger partial charge in [-0.2, -0.15) is 5.10 Å². The highest BCUT2D eigenvalue weighted by Crippen LogP contribution is 2.13. The van der Waals surface area contributed by atoms with E-state index in [0.717, 1.165) is 17.7 Å². The predicted molar refractivity (Wildman–Crippen MR) is 69.9 cm³/mol. The van der Waals surface area contributed by atoms with Crippen LogP contribution < -0.4 is 10.1 Å². The molecule has 18 heavy (non-hydrogen) atoms. The van der Waals surface area contributed by atoms with Crippen molar-refractivity contribution in [2.45, 2.75) is 13.1 Å². The molecule has 0 amide bonds. The number of hydrogen-bond acceptors (Lipinski definition) is 4. The van der Waals surface area contributed by atoms with Crippen LogP contribution in [0.5, 0.6) is 5.88 Å². The number of nitrogens with zero attached hydrogens (tertiary/aromatic N) is 3. The summed E-state index contributed by atoms with van der Waals surface area (Å²) in [5.41, 5.74) is 2.15. The first kappa shape index (κ1) is 12.3. The zero-order valence-electron chi connectivity index (χ0n) is 10.3. The van der Waals surface area contributed by atoms with Crippen LogP contribution in [0.2, 0.25) is 0 Å². The summed E-state index contributed by atoms with van der Waals surface area (Å²) < 4.78 is 6.87. The van der Waals surface area contributed by atoms with E-state index in [4.69, 9.17) is 4.74 Å². The average Bonchev–Trinajstić information content (AvgIpc) is 2.87. The first-order valence-corrected chi connectivity index (χ1v) is 5.67. The van der Waals surface area contributed by atoms with Crippen LogP contribution in [-0.2, 0) is 13.1 Å². The molecule has 0 aliphatic carbocycles. The van der Waals surface area contributed by atoms with E-state index >= 15 is 0 Å². The predicted octanol–water partition coefficient (Wildman–Crippen LogP) is 1.68. The maximum Gasteiger partial charge on any atom is 0.217 e. The molecule has 0 atom stereocenters. The second-order valence-electron chi connectivity index (χ2n) is 3.79. The Morgan fingerprint density at radius 1 is 1.50 bits per heavy atom. The van der Waals surface area contributed by atoms with Gasteiger partial charge in [0, 0.05) is 42.8 Å². The summed E-state index contributed by atoms with van der Waals surface area (Å²) in [6.45, 7) is 5.10. The Hall–Kier alpha value is -2.14. The van der Waals surface area contributed by atoms with Gasteiger partial charge < -0.3 is 10.1 Å². The monoisotopic (exact) mass is 244 g/mol. The minimum absolute atomic E-state index is 0.659. The molecule has 2 aromatic heterocycles. The third kappa shape index (κ3) is 2.95. The average molecular weight is 244 g/mol. The van der Waals surface area contributed by atoms with Crippen LogP contribution >= 0.6 is 0 Å². The number of rotatable bonds is 6. The molecule has 0 unspecified atom stereocenters. The first-order chi connectivity index (χ1) is 8.83. The molecule has 0 aromatic carbocycles. The molecule has 0 fully saturated rings. The van der Waals surface area contributed by atoms with Gasteiger partial charge in [0.2, 0.25) is 5.88 Å². The van der Waals surface area contributed by atoms with Crippen molar-refractivity contribution in [3.63, 3.8) is 0 Å². The van der Waals surface area contributed by atoms with Crippen molar-refractivity contribution in [3.8, 4) is 5.88 Å². The maximum absolute atomic E-state index is 5.19. The van der Waals surface area contributed by atoms with E-state index in [-0.39, 0.29) is 0 Å². The fraction of sp³-hybridized carbons (Fsp3) is 0.231. The Bertz CT molecular complexity index is 521. The summed E-state index contributed by atoms with van der Waals surface area (Å²) in [4.78, 5) is 4.15. The van der Waals surface area contributed by atoms with Crippen LogP contribution in [-0.4, -0.2) is 21.9 Å². The molecule has 0 bridgehead atoms. The zero-order chi connectivity index (χ0) is 12.8. The molecule has 5 nitrogen and oxygen atoms in total. The van der Waals surface area contributed by atoms with Crippen LogP contribution in [0.4, 0.5) is 0 Å². The molecule has 1 N–H and O–H groups in total. The van der Waals surface area contributed by atoms with Crippen LogP contribution in [0.3, 0.4) is 0 Å². The molecule has 2 aromatic rings. The largest absolute Gasteiger partial charge is 0.481 e. The summed E-state index contributed by atoms with van der Waals surface area (Å²) in [7, 11) is 1.62. The summed E-state index contributed by atoms with van der Waals surface area (Å²) in [6, 6.07) is 3.89. The van der Waals surface area contributed by atoms with Gasteiger partial charge in [-0.05, 0) is 6.07 Å². The minimum Gasteiger partial charge on any atom is -0.481 e. The summed E-state index contributed by atoms with van der Waals surface area (Å²) >= 11 is 0. The van der Waals surface area contributed by atoms with Crippen LogP contribution in [0.1, 0.15) is 11.1 Å². The summed E-state index contributed by atoms with van der Waals surface area (Å²) in [5.74, 6) is 0.659. The van der Waals surface area contributed by atoms with E-state index in [9.17, 15) is 0 Å². The number of hydrogen-bond donors (Lipinski definition) is 1. The molecule has 2 heterocycles. The fourth-order valence-electron chi connectivity index (χ4n) is 1.65. The summed E-state index contributed by atoms with van der Waals surface area (Å²) in [6.07, 6.45) is 7.12. The highest BCUT2D eigenvalue weighted by atomic mass is 16.5. The molecule has 0 aliphatic heterocycles. The number of ether oxygens (including phenoxy) is 1. The van der Waals surface area contributed by atoms with E-state index in [0.29, 0.717) is 12.4 Å². The van der Waals surface area contributed by atoms with Gasteiger partial charge in [-0.25, -0.2) is 9.67 Å². The fourth-order valence-corrected chi connectivity index (χ4v) is 1.65. The number of nitrogens with one attached hydrogen (secondary N) is 1. The molecule has 0 spiro atoms. The lowest BCUT2D eigenvalue weighted by Crippen LogP contribution is -2.13. The van der Waals surface area contributed by atoms with Gasteiger partial charge in [-0.15, -0.1) is 0 Å². The Morgan fingerprint density at radius 3 is 3.11 bits per heavy atom. The lowest BCUT2D eigenvalue weighted by molar-refractivity contribution is 0.390. The van der Waals surface area contributed by atoms with Gasteiger partial charge in [-0.1, -0.05) is 12.6 Å². The van der Waals surface area contributed by atoms with Gasteiger partial charge >= 0.3 is 0 Å². The minimum atomic E-state index is 0.659. The van der Waals surface area contributed by atoms with Crippen molar-refractivity contribution in [1.82, 2.24) is 20.1 Å². The van der Waals surface area contributed by atoms with E-state index < -0.39 is 0 Å². The van der Waals surface area contributed by atoms with Crippen molar-refractivity contribution < 1.29 is 4.74 Å². The smallest absolute Gasteiger partial charge is 0.217 e. The standard InChI is InChI=1S/C13H16N4O/c1-3-17-10-11(8-16-17)7-14-9-12-5-4-6-15-13(12)18-2/h3-6,8,10,14H,1,7,9H2,2H3. The lowest BCUT2D eigenvalue weighted by Gasteiger charge is -2.07. The quantitative estimate of drug-likeness (QED) is 0.840. The van der Waals surface area contributed by atoms with E-state index in [1.54, 1.807) is 24.2 Å². The lowest BCUT2D eigenvalue weighted by atomic mass is 10.2. The molecule has 0 saturated heterocycles. The molecule has 0 radical (unpaired) electrons. The SMILES string of the molecule is C=Cn1cc(CNCc2cccnc2OC)cn1. The van der Waals surface area contributed by atoms with Crippen LogP contribution in [0.25, 0.3) is 6.20 Å². The molecular formula is C13H16N4O. The topological polar surface area (TPSA) is 52.0 Å². The van der Waals surface area contributed by atoms with Gasteiger partial charge in [-0.3, -0.25) is 0 Å². The van der Waals surface area contributed by atoms with Gasteiger partial charge in [0.1, 0.15) is 0 Å². The first-order valence-electron chi connectivity index (χ1n) is 5.67. The third-order valence-electron chi connectivity index (χ3n) is 2.53. The van der Waals surface area contributed by atoms with E-state index in [1.165, 1.54) is 0 Å². The molecule has 0 saturated carbocycles. The van der Waals surface area contributed by atoms with Crippen molar-refractivity contribution in [3.05, 3.63) is 48.4 Å². The Kier molecular flexibility index (Phi) is 4.09. The highest BCUT2D eigenvalue weighted by molar-refractivity contribution is 5.25. The van der Waals surface area contributed by atoms with Crippen molar-refractivity contribution in [2.24, 2.45) is 0 Å². The maximum atomic E-state index is 5.19. The second kappa shape index (κ2) is 5.97. The van der Waals surface area contributed by atoms with Crippen molar-refractivity contribution >= 4 is 6.20 Å². The molecular weight excluding hydrogens is 228 g/mol. The Morgan fingerprint density at radius 2 is 2.39 bits per heavy atom. The highest BCUT2D eigenvalue weighted by Gasteiger charge is 2.03. The molecule has 5 heteroatoms. The number of aromatic nitrogens is 3. The van der Waals surface area contributed by atoms with Gasteiger partial charge in [0.25, 0.3) is 0 Å². The van der Waals surface area contributed by atoms with Crippen LogP contribution in [0.15, 0.2) is 37.3 Å². The number of pyridine rings is 1.